The standard InChI is InChI=1S/C10H11ClN4S/c1-6-13-14-10(15(6)2)16-9-4-3-7(12)5-8(9)11/h3-5H,12H2,1-2H3. The lowest BCUT2D eigenvalue weighted by atomic mass is 10.3. The second-order valence-electron chi connectivity index (χ2n) is 3.38. The molecule has 2 N–H and O–H groups in total. The van der Waals surface area contributed by atoms with Crippen LogP contribution in [0.5, 0.6) is 0 Å². The first kappa shape index (κ1) is 11.3. The average Bonchev–Trinajstić information content (AvgIpc) is 2.54. The van der Waals surface area contributed by atoms with Gasteiger partial charge in [-0.3, -0.25) is 0 Å². The molecule has 0 aliphatic carbocycles. The summed E-state index contributed by atoms with van der Waals surface area (Å²) < 4.78 is 1.91. The zero-order valence-electron chi connectivity index (χ0n) is 8.94. The third-order valence-electron chi connectivity index (χ3n) is 2.21. The summed E-state index contributed by atoms with van der Waals surface area (Å²) in [5, 5.41) is 9.48. The van der Waals surface area contributed by atoms with Crippen molar-refractivity contribution in [2.45, 2.75) is 17.0 Å². The Morgan fingerprint density at radius 1 is 1.38 bits per heavy atom. The Labute approximate surface area is 103 Å². The number of anilines is 1. The van der Waals surface area contributed by atoms with Gasteiger partial charge < -0.3 is 10.3 Å². The summed E-state index contributed by atoms with van der Waals surface area (Å²) in [5.41, 5.74) is 6.28. The summed E-state index contributed by atoms with van der Waals surface area (Å²) in [7, 11) is 1.92. The van der Waals surface area contributed by atoms with Gasteiger partial charge in [-0.15, -0.1) is 10.2 Å². The van der Waals surface area contributed by atoms with Crippen molar-refractivity contribution in [1.29, 1.82) is 0 Å². The zero-order chi connectivity index (χ0) is 11.7. The second-order valence-corrected chi connectivity index (χ2v) is 4.80. The van der Waals surface area contributed by atoms with Crippen molar-refractivity contribution in [3.63, 3.8) is 0 Å². The molecule has 1 aromatic heterocycles. The van der Waals surface area contributed by atoms with E-state index in [1.165, 1.54) is 11.8 Å². The van der Waals surface area contributed by atoms with Gasteiger partial charge in [-0.2, -0.15) is 0 Å². The number of hydrogen-bond donors (Lipinski definition) is 1. The van der Waals surface area contributed by atoms with Gasteiger partial charge >= 0.3 is 0 Å². The molecule has 6 heteroatoms. The van der Waals surface area contributed by atoms with E-state index in [1.807, 2.05) is 30.7 Å². The van der Waals surface area contributed by atoms with Crippen molar-refractivity contribution in [2.24, 2.45) is 7.05 Å². The topological polar surface area (TPSA) is 56.7 Å². The molecule has 0 atom stereocenters. The van der Waals surface area contributed by atoms with Crippen molar-refractivity contribution in [1.82, 2.24) is 14.8 Å². The SMILES string of the molecule is Cc1nnc(Sc2ccc(N)cc2Cl)n1C. The molecule has 0 amide bonds. The molecule has 0 spiro atoms. The van der Waals surface area contributed by atoms with E-state index in [1.54, 1.807) is 6.07 Å². The maximum absolute atomic E-state index is 6.08. The fraction of sp³-hybridized carbons (Fsp3) is 0.200. The molecule has 0 saturated heterocycles. The molecular weight excluding hydrogens is 244 g/mol. The first-order valence-electron chi connectivity index (χ1n) is 4.67. The number of nitrogen functional groups attached to an aromatic ring is 1. The highest BCUT2D eigenvalue weighted by Crippen LogP contribution is 2.33. The van der Waals surface area contributed by atoms with Crippen molar-refractivity contribution in [3.05, 3.63) is 29.0 Å². The second kappa shape index (κ2) is 4.35. The number of benzene rings is 1. The molecular formula is C10H11ClN4S. The summed E-state index contributed by atoms with van der Waals surface area (Å²) >= 11 is 7.55. The highest BCUT2D eigenvalue weighted by molar-refractivity contribution is 7.99. The smallest absolute Gasteiger partial charge is 0.195 e. The Bertz CT molecular complexity index is 524. The zero-order valence-corrected chi connectivity index (χ0v) is 10.5. The molecule has 2 rings (SSSR count). The minimum Gasteiger partial charge on any atom is -0.399 e. The van der Waals surface area contributed by atoms with E-state index >= 15 is 0 Å². The van der Waals surface area contributed by atoms with Crippen molar-refractivity contribution in [3.8, 4) is 0 Å². The van der Waals surface area contributed by atoms with E-state index in [2.05, 4.69) is 10.2 Å². The number of nitrogens with two attached hydrogens (primary N) is 1. The predicted octanol–water partition coefficient (Wildman–Crippen LogP) is 2.51. The maximum atomic E-state index is 6.08. The van der Waals surface area contributed by atoms with Gasteiger partial charge in [-0.1, -0.05) is 11.6 Å². The highest BCUT2D eigenvalue weighted by Gasteiger charge is 2.09. The molecule has 2 aromatic rings. The quantitative estimate of drug-likeness (QED) is 0.837. The Morgan fingerprint density at radius 2 is 2.12 bits per heavy atom. The lowest BCUT2D eigenvalue weighted by molar-refractivity contribution is 0.765. The van der Waals surface area contributed by atoms with Crippen LogP contribution >= 0.6 is 23.4 Å². The van der Waals surface area contributed by atoms with Gasteiger partial charge in [-0.25, -0.2) is 0 Å². The number of aryl methyl sites for hydroxylation is 1. The molecule has 84 valence electrons. The molecule has 0 aliphatic rings. The largest absolute Gasteiger partial charge is 0.399 e. The van der Waals surface area contributed by atoms with E-state index in [0.717, 1.165) is 15.9 Å². The lowest BCUT2D eigenvalue weighted by Crippen LogP contribution is -1.93. The molecule has 1 heterocycles. The summed E-state index contributed by atoms with van der Waals surface area (Å²) in [6, 6.07) is 5.43. The van der Waals surface area contributed by atoms with Gasteiger partial charge in [0, 0.05) is 17.6 Å². The summed E-state index contributed by atoms with van der Waals surface area (Å²) in [4.78, 5) is 0.923. The Hall–Kier alpha value is -1.20. The molecule has 0 unspecified atom stereocenters. The fourth-order valence-corrected chi connectivity index (χ4v) is 2.32. The van der Waals surface area contributed by atoms with Crippen LogP contribution in [-0.4, -0.2) is 14.8 Å². The van der Waals surface area contributed by atoms with E-state index in [4.69, 9.17) is 17.3 Å². The van der Waals surface area contributed by atoms with Crippen LogP contribution in [-0.2, 0) is 7.05 Å². The molecule has 0 radical (unpaired) electrons. The average molecular weight is 255 g/mol. The van der Waals surface area contributed by atoms with Crippen LogP contribution in [0.2, 0.25) is 5.02 Å². The van der Waals surface area contributed by atoms with E-state index in [-0.39, 0.29) is 0 Å². The van der Waals surface area contributed by atoms with E-state index in [9.17, 15) is 0 Å². The van der Waals surface area contributed by atoms with Gasteiger partial charge in [0.2, 0.25) is 0 Å². The highest BCUT2D eigenvalue weighted by atomic mass is 35.5. The van der Waals surface area contributed by atoms with Crippen molar-refractivity contribution < 1.29 is 0 Å². The van der Waals surface area contributed by atoms with Gasteiger partial charge in [0.15, 0.2) is 5.16 Å². The molecule has 4 nitrogen and oxygen atoms in total. The van der Waals surface area contributed by atoms with Gasteiger partial charge in [-0.05, 0) is 36.9 Å². The first-order chi connectivity index (χ1) is 7.58. The van der Waals surface area contributed by atoms with E-state index < -0.39 is 0 Å². The molecule has 0 saturated carbocycles. The predicted molar refractivity (Wildman–Crippen MR) is 65.7 cm³/mol. The monoisotopic (exact) mass is 254 g/mol. The third kappa shape index (κ3) is 2.15. The number of nitrogens with zero attached hydrogens (tertiary/aromatic N) is 3. The van der Waals surface area contributed by atoms with Crippen LogP contribution in [0.3, 0.4) is 0 Å². The van der Waals surface area contributed by atoms with Crippen LogP contribution in [0.1, 0.15) is 5.82 Å². The van der Waals surface area contributed by atoms with Crippen molar-refractivity contribution in [2.75, 3.05) is 5.73 Å². The van der Waals surface area contributed by atoms with Crippen LogP contribution in [0.4, 0.5) is 5.69 Å². The number of halogens is 1. The third-order valence-corrected chi connectivity index (χ3v) is 3.75. The Morgan fingerprint density at radius 3 is 2.69 bits per heavy atom. The van der Waals surface area contributed by atoms with E-state index in [0.29, 0.717) is 10.7 Å². The lowest BCUT2D eigenvalue weighted by Gasteiger charge is -2.04. The summed E-state index contributed by atoms with van der Waals surface area (Å²) in [5.74, 6) is 0.870. The molecule has 1 aromatic carbocycles. The van der Waals surface area contributed by atoms with Gasteiger partial charge in [0.25, 0.3) is 0 Å². The maximum Gasteiger partial charge on any atom is 0.195 e. The Kier molecular flexibility index (Phi) is 3.07. The molecule has 16 heavy (non-hydrogen) atoms. The van der Waals surface area contributed by atoms with Crippen molar-refractivity contribution >= 4 is 29.1 Å². The van der Waals surface area contributed by atoms with Gasteiger partial charge in [0.1, 0.15) is 5.82 Å². The fourth-order valence-electron chi connectivity index (χ4n) is 1.17. The Balaban J connectivity index is 2.30. The summed E-state index contributed by atoms with van der Waals surface area (Å²) in [6.07, 6.45) is 0. The van der Waals surface area contributed by atoms with Crippen LogP contribution in [0.25, 0.3) is 0 Å². The summed E-state index contributed by atoms with van der Waals surface area (Å²) in [6.45, 7) is 1.90. The minimum atomic E-state index is 0.630. The normalized spacial score (nSPS) is 10.7. The van der Waals surface area contributed by atoms with Crippen LogP contribution in [0.15, 0.2) is 28.3 Å². The number of aromatic nitrogens is 3. The number of hydrogen-bond acceptors (Lipinski definition) is 4. The van der Waals surface area contributed by atoms with Crippen LogP contribution in [0, 0.1) is 6.92 Å². The molecule has 0 aliphatic heterocycles. The first-order valence-corrected chi connectivity index (χ1v) is 5.86. The van der Waals surface area contributed by atoms with Crippen LogP contribution < -0.4 is 5.73 Å². The van der Waals surface area contributed by atoms with Gasteiger partial charge in [0.05, 0.1) is 5.02 Å². The minimum absolute atomic E-state index is 0.630. The number of rotatable bonds is 2. The molecule has 0 fully saturated rings. The molecule has 0 bridgehead atoms.